The van der Waals surface area contributed by atoms with Crippen molar-refractivity contribution in [1.82, 2.24) is 19.4 Å². The molecule has 108 valence electrons. The Labute approximate surface area is 131 Å². The average molecular weight is 346 g/mol. The first kappa shape index (κ1) is 14.0. The molecule has 0 bridgehead atoms. The Hall–Kier alpha value is -1.95. The number of nitrogens with zero attached hydrogens (tertiary/aromatic N) is 5. The molecular formula is C15H16BrN5. The van der Waals surface area contributed by atoms with Gasteiger partial charge in [0.05, 0.1) is 12.2 Å². The minimum atomic E-state index is 0.712. The lowest BCUT2D eigenvalue weighted by molar-refractivity contribution is 0.787. The molecule has 0 N–H and O–H groups in total. The van der Waals surface area contributed by atoms with E-state index in [4.69, 9.17) is 0 Å². The second-order valence-electron chi connectivity index (χ2n) is 4.83. The van der Waals surface area contributed by atoms with Gasteiger partial charge in [-0.3, -0.25) is 4.98 Å². The van der Waals surface area contributed by atoms with Crippen LogP contribution in [0.5, 0.6) is 0 Å². The molecule has 0 fully saturated rings. The van der Waals surface area contributed by atoms with Crippen molar-refractivity contribution in [2.75, 3.05) is 11.4 Å². The molecule has 0 unspecified atom stereocenters. The van der Waals surface area contributed by atoms with Crippen LogP contribution in [0, 0.1) is 6.92 Å². The van der Waals surface area contributed by atoms with Crippen molar-refractivity contribution in [1.29, 1.82) is 0 Å². The highest BCUT2D eigenvalue weighted by molar-refractivity contribution is 9.10. The third-order valence-electron chi connectivity index (χ3n) is 3.31. The summed E-state index contributed by atoms with van der Waals surface area (Å²) in [5.41, 5.74) is 2.91. The molecule has 0 aromatic carbocycles. The molecule has 0 aliphatic heterocycles. The van der Waals surface area contributed by atoms with Crippen LogP contribution in [0.25, 0.3) is 5.65 Å². The van der Waals surface area contributed by atoms with Crippen LogP contribution in [-0.2, 0) is 6.54 Å². The third-order valence-corrected chi connectivity index (χ3v) is 3.69. The number of imidazole rings is 1. The molecular weight excluding hydrogens is 330 g/mol. The summed E-state index contributed by atoms with van der Waals surface area (Å²) in [5.74, 6) is 0.861. The molecule has 21 heavy (non-hydrogen) atoms. The Morgan fingerprint density at radius 2 is 2.14 bits per heavy atom. The van der Waals surface area contributed by atoms with Crippen LogP contribution in [0.3, 0.4) is 0 Å². The molecule has 0 aliphatic rings. The fraction of sp³-hybridized carbons (Fsp3) is 0.267. The Bertz CT molecular complexity index is 768. The zero-order chi connectivity index (χ0) is 14.8. The first-order valence-corrected chi connectivity index (χ1v) is 7.63. The zero-order valence-corrected chi connectivity index (χ0v) is 13.6. The zero-order valence-electron chi connectivity index (χ0n) is 12.0. The van der Waals surface area contributed by atoms with Gasteiger partial charge in [-0.25, -0.2) is 9.97 Å². The maximum Gasteiger partial charge on any atom is 0.180 e. The molecule has 3 aromatic rings. The Balaban J connectivity index is 2.00. The number of anilines is 1. The second kappa shape index (κ2) is 5.81. The number of hydrogen-bond acceptors (Lipinski definition) is 4. The smallest absolute Gasteiger partial charge is 0.180 e. The van der Waals surface area contributed by atoms with Crippen LogP contribution in [0.2, 0.25) is 0 Å². The van der Waals surface area contributed by atoms with Crippen molar-refractivity contribution in [3.05, 3.63) is 52.8 Å². The minimum Gasteiger partial charge on any atom is -0.348 e. The molecule has 5 nitrogen and oxygen atoms in total. The third kappa shape index (κ3) is 2.90. The lowest BCUT2D eigenvalue weighted by Crippen LogP contribution is -2.24. The number of pyridine rings is 1. The van der Waals surface area contributed by atoms with E-state index >= 15 is 0 Å². The SMILES string of the molecule is CCN(Cc1cccc(C)n1)c1nc(Br)cn2ccnc12. The first-order valence-electron chi connectivity index (χ1n) is 6.84. The summed E-state index contributed by atoms with van der Waals surface area (Å²) >= 11 is 3.46. The molecule has 0 radical (unpaired) electrons. The summed E-state index contributed by atoms with van der Waals surface area (Å²) in [7, 11) is 0. The number of aromatic nitrogens is 4. The topological polar surface area (TPSA) is 46.3 Å². The minimum absolute atomic E-state index is 0.712. The van der Waals surface area contributed by atoms with E-state index < -0.39 is 0 Å². The molecule has 3 rings (SSSR count). The highest BCUT2D eigenvalue weighted by Gasteiger charge is 2.14. The standard InChI is InChI=1S/C15H16BrN5/c1-3-20(9-12-6-4-5-11(2)18-12)15-14-17-7-8-21(14)10-13(16)19-15/h4-8,10H,3,9H2,1-2H3. The van der Waals surface area contributed by atoms with Crippen molar-refractivity contribution >= 4 is 27.4 Å². The first-order chi connectivity index (χ1) is 10.2. The maximum absolute atomic E-state index is 4.59. The fourth-order valence-electron chi connectivity index (χ4n) is 2.32. The summed E-state index contributed by atoms with van der Waals surface area (Å²) in [5, 5.41) is 0. The molecule has 0 spiro atoms. The molecule has 0 saturated carbocycles. The van der Waals surface area contributed by atoms with Crippen molar-refractivity contribution in [3.8, 4) is 0 Å². The Morgan fingerprint density at radius 1 is 1.29 bits per heavy atom. The van der Waals surface area contributed by atoms with E-state index in [0.717, 1.165) is 34.0 Å². The second-order valence-corrected chi connectivity index (χ2v) is 5.64. The van der Waals surface area contributed by atoms with Gasteiger partial charge in [-0.2, -0.15) is 0 Å². The van der Waals surface area contributed by atoms with Gasteiger partial charge in [0, 0.05) is 30.8 Å². The van der Waals surface area contributed by atoms with Crippen LogP contribution >= 0.6 is 15.9 Å². The number of halogens is 1. The fourth-order valence-corrected chi connectivity index (χ4v) is 2.71. The van der Waals surface area contributed by atoms with Crippen LogP contribution in [-0.4, -0.2) is 25.9 Å². The van der Waals surface area contributed by atoms with Crippen LogP contribution in [0.1, 0.15) is 18.3 Å². The van der Waals surface area contributed by atoms with E-state index in [1.54, 1.807) is 6.20 Å². The monoisotopic (exact) mass is 345 g/mol. The highest BCUT2D eigenvalue weighted by atomic mass is 79.9. The molecule has 0 amide bonds. The maximum atomic E-state index is 4.59. The van der Waals surface area contributed by atoms with E-state index in [1.807, 2.05) is 41.9 Å². The Kier molecular flexibility index (Phi) is 3.88. The number of rotatable bonds is 4. The normalized spacial score (nSPS) is 11.0. The largest absolute Gasteiger partial charge is 0.348 e. The summed E-state index contributed by atoms with van der Waals surface area (Å²) in [4.78, 5) is 15.7. The van der Waals surface area contributed by atoms with E-state index in [1.165, 1.54) is 0 Å². The Morgan fingerprint density at radius 3 is 2.90 bits per heavy atom. The van der Waals surface area contributed by atoms with Gasteiger partial charge in [0.2, 0.25) is 0 Å². The van der Waals surface area contributed by atoms with Gasteiger partial charge in [-0.05, 0) is 41.9 Å². The highest BCUT2D eigenvalue weighted by Crippen LogP contribution is 2.22. The van der Waals surface area contributed by atoms with Gasteiger partial charge in [-0.1, -0.05) is 6.07 Å². The number of fused-ring (bicyclic) bond motifs is 1. The van der Waals surface area contributed by atoms with Gasteiger partial charge >= 0.3 is 0 Å². The summed E-state index contributed by atoms with van der Waals surface area (Å²) < 4.78 is 2.76. The van der Waals surface area contributed by atoms with Crippen molar-refractivity contribution < 1.29 is 0 Å². The molecule has 0 atom stereocenters. The van der Waals surface area contributed by atoms with E-state index in [0.29, 0.717) is 6.54 Å². The van der Waals surface area contributed by atoms with Crippen molar-refractivity contribution in [2.45, 2.75) is 20.4 Å². The van der Waals surface area contributed by atoms with E-state index in [9.17, 15) is 0 Å². The summed E-state index contributed by atoms with van der Waals surface area (Å²) in [6, 6.07) is 6.07. The van der Waals surface area contributed by atoms with Gasteiger partial charge in [0.15, 0.2) is 11.5 Å². The van der Waals surface area contributed by atoms with Crippen LogP contribution in [0.4, 0.5) is 5.82 Å². The lowest BCUT2D eigenvalue weighted by Gasteiger charge is -2.22. The molecule has 0 aliphatic carbocycles. The van der Waals surface area contributed by atoms with Crippen molar-refractivity contribution in [3.63, 3.8) is 0 Å². The lowest BCUT2D eigenvalue weighted by atomic mass is 10.3. The average Bonchev–Trinajstić information content (AvgIpc) is 2.92. The molecule has 0 saturated heterocycles. The molecule has 3 heterocycles. The van der Waals surface area contributed by atoms with Crippen molar-refractivity contribution in [2.24, 2.45) is 0 Å². The van der Waals surface area contributed by atoms with Gasteiger partial charge in [0.1, 0.15) is 4.60 Å². The number of aryl methyl sites for hydroxylation is 1. The summed E-state index contributed by atoms with van der Waals surface area (Å²) in [6.07, 6.45) is 5.61. The van der Waals surface area contributed by atoms with Crippen LogP contribution in [0.15, 0.2) is 41.4 Å². The van der Waals surface area contributed by atoms with Gasteiger partial charge in [0.25, 0.3) is 0 Å². The van der Waals surface area contributed by atoms with Gasteiger partial charge in [-0.15, -0.1) is 0 Å². The van der Waals surface area contributed by atoms with E-state index in [2.05, 4.69) is 42.7 Å². The summed E-state index contributed by atoms with van der Waals surface area (Å²) in [6.45, 7) is 5.66. The predicted octanol–water partition coefficient (Wildman–Crippen LogP) is 3.22. The number of hydrogen-bond donors (Lipinski definition) is 0. The van der Waals surface area contributed by atoms with E-state index in [-0.39, 0.29) is 0 Å². The predicted molar refractivity (Wildman–Crippen MR) is 86.4 cm³/mol. The quantitative estimate of drug-likeness (QED) is 0.728. The molecule has 6 heteroatoms. The van der Waals surface area contributed by atoms with Gasteiger partial charge < -0.3 is 9.30 Å². The molecule has 3 aromatic heterocycles. The van der Waals surface area contributed by atoms with Crippen LogP contribution < -0.4 is 4.90 Å².